The second-order valence-corrected chi connectivity index (χ2v) is 8.06. The van der Waals surface area contributed by atoms with Gasteiger partial charge in [0.1, 0.15) is 0 Å². The summed E-state index contributed by atoms with van der Waals surface area (Å²) in [5, 5.41) is 0. The lowest BCUT2D eigenvalue weighted by Crippen LogP contribution is -1.88. The van der Waals surface area contributed by atoms with E-state index in [2.05, 4.69) is 0 Å². The van der Waals surface area contributed by atoms with E-state index >= 15 is 0 Å². The van der Waals surface area contributed by atoms with Gasteiger partial charge in [-0.05, 0) is 12.8 Å². The van der Waals surface area contributed by atoms with Crippen LogP contribution in [0.2, 0.25) is 0 Å². The quantitative estimate of drug-likeness (QED) is 0.169. The summed E-state index contributed by atoms with van der Waals surface area (Å²) in [7, 11) is 3.60. The molecule has 0 bridgehead atoms. The zero-order valence-electron chi connectivity index (χ0n) is 18.4. The van der Waals surface area contributed by atoms with Crippen molar-refractivity contribution < 1.29 is 9.47 Å². The van der Waals surface area contributed by atoms with Gasteiger partial charge in [0.2, 0.25) is 0 Å². The molecule has 0 saturated carbocycles. The van der Waals surface area contributed by atoms with Crippen molar-refractivity contribution >= 4 is 0 Å². The molecule has 0 radical (unpaired) electrons. The van der Waals surface area contributed by atoms with Crippen LogP contribution in [0, 0.1) is 0 Å². The lowest BCUT2D eigenvalue weighted by Gasteiger charge is -2.04. The van der Waals surface area contributed by atoms with Crippen LogP contribution in [0.25, 0.3) is 0 Å². The van der Waals surface area contributed by atoms with Crippen LogP contribution in [0.4, 0.5) is 0 Å². The average molecular weight is 371 g/mol. The molecular formula is C24H50O2. The van der Waals surface area contributed by atoms with Gasteiger partial charge in [0, 0.05) is 27.4 Å². The molecule has 0 aliphatic rings. The molecule has 2 nitrogen and oxygen atoms in total. The molecule has 0 N–H and O–H groups in total. The fourth-order valence-electron chi connectivity index (χ4n) is 3.67. The summed E-state index contributed by atoms with van der Waals surface area (Å²) in [5.74, 6) is 0. The molecule has 0 atom stereocenters. The van der Waals surface area contributed by atoms with Crippen LogP contribution in [0.3, 0.4) is 0 Å². The molecule has 0 fully saturated rings. The van der Waals surface area contributed by atoms with E-state index in [1.54, 1.807) is 14.2 Å². The zero-order valence-corrected chi connectivity index (χ0v) is 18.4. The standard InChI is InChI=1S/C24H50O2/c1-25-23-21-19-17-15-13-11-9-7-5-3-4-6-8-10-12-14-16-18-20-22-24-26-2/h3-24H2,1-2H3. The molecule has 0 aromatic rings. The minimum atomic E-state index is 0.940. The van der Waals surface area contributed by atoms with Crippen molar-refractivity contribution in [1.82, 2.24) is 0 Å². The molecular weight excluding hydrogens is 320 g/mol. The second-order valence-electron chi connectivity index (χ2n) is 8.06. The predicted octanol–water partition coefficient (Wildman–Crippen LogP) is 8.08. The SMILES string of the molecule is COCCCCCCCCCCCCCCCCCCCCCCOC. The summed E-state index contributed by atoms with van der Waals surface area (Å²) in [4.78, 5) is 0. The van der Waals surface area contributed by atoms with Gasteiger partial charge in [-0.1, -0.05) is 116 Å². The van der Waals surface area contributed by atoms with E-state index in [9.17, 15) is 0 Å². The molecule has 26 heavy (non-hydrogen) atoms. The normalized spacial score (nSPS) is 11.3. The molecule has 2 heteroatoms. The van der Waals surface area contributed by atoms with E-state index in [0.717, 1.165) is 13.2 Å². The molecule has 0 spiro atoms. The molecule has 0 aliphatic carbocycles. The van der Waals surface area contributed by atoms with Crippen LogP contribution in [0.1, 0.15) is 128 Å². The maximum Gasteiger partial charge on any atom is 0.0462 e. The Morgan fingerprint density at radius 3 is 0.577 bits per heavy atom. The Kier molecular flexibility index (Phi) is 24.8. The van der Waals surface area contributed by atoms with E-state index in [1.165, 1.54) is 128 Å². The number of rotatable bonds is 23. The number of ether oxygens (including phenoxy) is 2. The fourth-order valence-corrected chi connectivity index (χ4v) is 3.67. The Morgan fingerprint density at radius 2 is 0.423 bits per heavy atom. The minimum absolute atomic E-state index is 0.940. The Labute approximate surface area is 165 Å². The molecule has 0 unspecified atom stereocenters. The zero-order chi connectivity index (χ0) is 19.0. The summed E-state index contributed by atoms with van der Waals surface area (Å²) in [5.41, 5.74) is 0. The first-order valence-electron chi connectivity index (χ1n) is 11.9. The van der Waals surface area contributed by atoms with Crippen LogP contribution in [0.15, 0.2) is 0 Å². The molecule has 0 aliphatic heterocycles. The molecule has 0 heterocycles. The highest BCUT2D eigenvalue weighted by Gasteiger charge is 1.95. The van der Waals surface area contributed by atoms with Crippen molar-refractivity contribution in [2.45, 2.75) is 128 Å². The van der Waals surface area contributed by atoms with E-state index < -0.39 is 0 Å². The second kappa shape index (κ2) is 24.9. The van der Waals surface area contributed by atoms with E-state index in [0.29, 0.717) is 0 Å². The number of unbranched alkanes of at least 4 members (excludes halogenated alkanes) is 19. The number of methoxy groups -OCH3 is 2. The minimum Gasteiger partial charge on any atom is -0.385 e. The van der Waals surface area contributed by atoms with Crippen molar-refractivity contribution in [3.63, 3.8) is 0 Å². The third-order valence-corrected chi connectivity index (χ3v) is 5.45. The molecule has 0 aromatic heterocycles. The summed E-state index contributed by atoms with van der Waals surface area (Å²) >= 11 is 0. The predicted molar refractivity (Wildman–Crippen MR) is 116 cm³/mol. The number of hydrogen-bond acceptors (Lipinski definition) is 2. The van der Waals surface area contributed by atoms with Gasteiger partial charge < -0.3 is 9.47 Å². The van der Waals surface area contributed by atoms with Gasteiger partial charge in [0.25, 0.3) is 0 Å². The van der Waals surface area contributed by atoms with Crippen LogP contribution < -0.4 is 0 Å². The fraction of sp³-hybridized carbons (Fsp3) is 1.00. The van der Waals surface area contributed by atoms with E-state index in [-0.39, 0.29) is 0 Å². The Hall–Kier alpha value is -0.0800. The first-order valence-corrected chi connectivity index (χ1v) is 11.9. The third-order valence-electron chi connectivity index (χ3n) is 5.45. The lowest BCUT2D eigenvalue weighted by atomic mass is 10.0. The smallest absolute Gasteiger partial charge is 0.0462 e. The van der Waals surface area contributed by atoms with Crippen LogP contribution in [-0.4, -0.2) is 27.4 Å². The monoisotopic (exact) mass is 370 g/mol. The highest BCUT2D eigenvalue weighted by Crippen LogP contribution is 2.14. The Balaban J connectivity index is 2.95. The lowest BCUT2D eigenvalue weighted by molar-refractivity contribution is 0.192. The molecule has 0 aromatic carbocycles. The molecule has 158 valence electrons. The molecule has 0 rings (SSSR count). The van der Waals surface area contributed by atoms with Crippen LogP contribution in [0.5, 0.6) is 0 Å². The van der Waals surface area contributed by atoms with Gasteiger partial charge in [0.05, 0.1) is 0 Å². The Bertz CT molecular complexity index is 206. The molecule has 0 amide bonds. The summed E-state index contributed by atoms with van der Waals surface area (Å²) in [6, 6.07) is 0. The third kappa shape index (κ3) is 23.9. The summed E-state index contributed by atoms with van der Waals surface area (Å²) < 4.78 is 10.2. The van der Waals surface area contributed by atoms with Crippen molar-refractivity contribution in [2.75, 3.05) is 27.4 Å². The number of hydrogen-bond donors (Lipinski definition) is 0. The van der Waals surface area contributed by atoms with Gasteiger partial charge in [0.15, 0.2) is 0 Å². The first kappa shape index (κ1) is 25.9. The topological polar surface area (TPSA) is 18.5 Å². The van der Waals surface area contributed by atoms with Gasteiger partial charge in [-0.3, -0.25) is 0 Å². The maximum absolute atomic E-state index is 5.08. The van der Waals surface area contributed by atoms with Gasteiger partial charge in [-0.2, -0.15) is 0 Å². The maximum atomic E-state index is 5.08. The van der Waals surface area contributed by atoms with Crippen molar-refractivity contribution in [2.24, 2.45) is 0 Å². The van der Waals surface area contributed by atoms with Crippen molar-refractivity contribution in [3.05, 3.63) is 0 Å². The highest BCUT2D eigenvalue weighted by molar-refractivity contribution is 4.51. The highest BCUT2D eigenvalue weighted by atomic mass is 16.5. The van der Waals surface area contributed by atoms with Crippen LogP contribution >= 0.6 is 0 Å². The largest absolute Gasteiger partial charge is 0.385 e. The van der Waals surface area contributed by atoms with Crippen LogP contribution in [-0.2, 0) is 9.47 Å². The molecule has 0 saturated heterocycles. The summed E-state index contributed by atoms with van der Waals surface area (Å²) in [6.45, 7) is 1.88. The Morgan fingerprint density at radius 1 is 0.269 bits per heavy atom. The van der Waals surface area contributed by atoms with Crippen molar-refractivity contribution in [3.8, 4) is 0 Å². The van der Waals surface area contributed by atoms with E-state index in [1.807, 2.05) is 0 Å². The first-order chi connectivity index (χ1) is 12.9. The average Bonchev–Trinajstić information content (AvgIpc) is 2.66. The van der Waals surface area contributed by atoms with Gasteiger partial charge >= 0.3 is 0 Å². The van der Waals surface area contributed by atoms with Gasteiger partial charge in [-0.25, -0.2) is 0 Å². The van der Waals surface area contributed by atoms with Gasteiger partial charge in [-0.15, -0.1) is 0 Å². The van der Waals surface area contributed by atoms with Crippen molar-refractivity contribution in [1.29, 1.82) is 0 Å². The summed E-state index contributed by atoms with van der Waals surface area (Å²) in [6.07, 6.45) is 28.4. The van der Waals surface area contributed by atoms with E-state index in [4.69, 9.17) is 9.47 Å².